The number of rotatable bonds is 4. The number of hydrogen-bond donors (Lipinski definition) is 1. The summed E-state index contributed by atoms with van der Waals surface area (Å²) in [6, 6.07) is 3.24. The first-order valence-electron chi connectivity index (χ1n) is 5.43. The van der Waals surface area contributed by atoms with Crippen molar-refractivity contribution in [1.29, 1.82) is 0 Å². The molecule has 7 heteroatoms. The Morgan fingerprint density at radius 3 is 2.26 bits per heavy atom. The molecule has 2 atom stereocenters. The highest BCUT2D eigenvalue weighted by molar-refractivity contribution is 5.75. The van der Waals surface area contributed by atoms with Gasteiger partial charge in [-0.25, -0.2) is 9.18 Å². The lowest BCUT2D eigenvalue weighted by atomic mass is 10.0. The van der Waals surface area contributed by atoms with Crippen LogP contribution in [0.25, 0.3) is 0 Å². The third-order valence-corrected chi connectivity index (χ3v) is 2.37. The molecule has 0 fully saturated rings. The number of ether oxygens (including phenoxy) is 1. The van der Waals surface area contributed by atoms with Crippen molar-refractivity contribution in [2.24, 2.45) is 0 Å². The molecule has 19 heavy (non-hydrogen) atoms. The van der Waals surface area contributed by atoms with E-state index in [9.17, 15) is 27.5 Å². The van der Waals surface area contributed by atoms with E-state index in [0.29, 0.717) is 12.1 Å². The van der Waals surface area contributed by atoms with Crippen LogP contribution in [0, 0.1) is 0 Å². The number of carbonyl (C=O) groups is 1. The fraction of sp³-hybridized carbons (Fsp3) is 0.417. The van der Waals surface area contributed by atoms with Crippen LogP contribution in [-0.2, 0) is 15.7 Å². The summed E-state index contributed by atoms with van der Waals surface area (Å²) in [7, 11) is 0. The summed E-state index contributed by atoms with van der Waals surface area (Å²) in [4.78, 5) is 11.0. The van der Waals surface area contributed by atoms with Crippen LogP contribution in [-0.4, -0.2) is 23.9 Å². The number of carbonyl (C=O) groups excluding carboxylic acids is 1. The van der Waals surface area contributed by atoms with Crippen LogP contribution in [0.3, 0.4) is 0 Å². The van der Waals surface area contributed by atoms with Crippen molar-refractivity contribution in [3.63, 3.8) is 0 Å². The van der Waals surface area contributed by atoms with Gasteiger partial charge in [0.15, 0.2) is 0 Å². The standard InChI is InChI=1S/C12H12F4O3/c1-2-19-11(18)9(13)10(17)7-3-5-8(6-4-7)12(14,15)16/h3-6,9-10,17H,2H2,1H3/t9-,10+/m0/s1. The van der Waals surface area contributed by atoms with Gasteiger partial charge < -0.3 is 9.84 Å². The van der Waals surface area contributed by atoms with Crippen LogP contribution in [0.2, 0.25) is 0 Å². The first kappa shape index (κ1) is 15.4. The maximum atomic E-state index is 13.5. The van der Waals surface area contributed by atoms with E-state index in [1.54, 1.807) is 0 Å². The van der Waals surface area contributed by atoms with Gasteiger partial charge in [0.05, 0.1) is 12.2 Å². The van der Waals surface area contributed by atoms with Gasteiger partial charge in [0, 0.05) is 0 Å². The fourth-order valence-corrected chi connectivity index (χ4v) is 1.39. The number of halogens is 4. The largest absolute Gasteiger partial charge is 0.464 e. The molecule has 0 aromatic heterocycles. The molecule has 1 N–H and O–H groups in total. The van der Waals surface area contributed by atoms with E-state index < -0.39 is 30.0 Å². The fourth-order valence-electron chi connectivity index (χ4n) is 1.39. The second-order valence-electron chi connectivity index (χ2n) is 3.72. The summed E-state index contributed by atoms with van der Waals surface area (Å²) < 4.78 is 54.7. The average molecular weight is 280 g/mol. The molecule has 0 saturated heterocycles. The summed E-state index contributed by atoms with van der Waals surface area (Å²) >= 11 is 0. The second kappa shape index (κ2) is 6.01. The van der Waals surface area contributed by atoms with E-state index in [2.05, 4.69) is 4.74 Å². The van der Waals surface area contributed by atoms with Crippen molar-refractivity contribution in [2.45, 2.75) is 25.4 Å². The molecule has 0 aliphatic heterocycles. The van der Waals surface area contributed by atoms with Crippen LogP contribution in [0.1, 0.15) is 24.2 Å². The zero-order valence-corrected chi connectivity index (χ0v) is 9.95. The Hall–Kier alpha value is -1.63. The van der Waals surface area contributed by atoms with Crippen LogP contribution in [0.4, 0.5) is 17.6 Å². The number of hydrogen-bond acceptors (Lipinski definition) is 3. The number of aliphatic hydroxyl groups is 1. The summed E-state index contributed by atoms with van der Waals surface area (Å²) in [5.41, 5.74) is -1.05. The van der Waals surface area contributed by atoms with Gasteiger partial charge in [-0.1, -0.05) is 12.1 Å². The molecule has 0 unspecified atom stereocenters. The van der Waals surface area contributed by atoms with E-state index in [4.69, 9.17) is 0 Å². The molecule has 1 aromatic carbocycles. The Balaban J connectivity index is 2.83. The van der Waals surface area contributed by atoms with E-state index >= 15 is 0 Å². The predicted octanol–water partition coefficient (Wildman–Crippen LogP) is 2.64. The Kier molecular flexibility index (Phi) is 4.88. The lowest BCUT2D eigenvalue weighted by Crippen LogP contribution is -2.26. The van der Waals surface area contributed by atoms with Gasteiger partial charge in [0.25, 0.3) is 0 Å². The Morgan fingerprint density at radius 1 is 1.32 bits per heavy atom. The zero-order chi connectivity index (χ0) is 14.6. The normalized spacial score (nSPS) is 14.8. The third kappa shape index (κ3) is 3.92. The smallest absolute Gasteiger partial charge is 0.416 e. The van der Waals surface area contributed by atoms with Crippen LogP contribution >= 0.6 is 0 Å². The molecular formula is C12H12F4O3. The zero-order valence-electron chi connectivity index (χ0n) is 9.95. The van der Waals surface area contributed by atoms with Crippen LogP contribution < -0.4 is 0 Å². The molecule has 0 amide bonds. The van der Waals surface area contributed by atoms with Crippen molar-refractivity contribution in [1.82, 2.24) is 0 Å². The van der Waals surface area contributed by atoms with Gasteiger partial charge in [-0.2, -0.15) is 13.2 Å². The molecular weight excluding hydrogens is 268 g/mol. The molecule has 0 bridgehead atoms. The van der Waals surface area contributed by atoms with Gasteiger partial charge in [0.1, 0.15) is 6.10 Å². The average Bonchev–Trinajstić information content (AvgIpc) is 2.36. The molecule has 0 aliphatic carbocycles. The maximum absolute atomic E-state index is 13.5. The summed E-state index contributed by atoms with van der Waals surface area (Å²) in [6.45, 7) is 1.41. The van der Waals surface area contributed by atoms with Crippen molar-refractivity contribution < 1.29 is 32.2 Å². The van der Waals surface area contributed by atoms with E-state index in [1.807, 2.05) is 0 Å². The van der Waals surface area contributed by atoms with Gasteiger partial charge in [0.2, 0.25) is 6.17 Å². The molecule has 0 radical (unpaired) electrons. The lowest BCUT2D eigenvalue weighted by molar-refractivity contribution is -0.153. The highest BCUT2D eigenvalue weighted by Crippen LogP contribution is 2.30. The molecule has 1 aromatic rings. The minimum atomic E-state index is -4.51. The molecule has 0 spiro atoms. The third-order valence-electron chi connectivity index (χ3n) is 2.37. The van der Waals surface area contributed by atoms with E-state index in [0.717, 1.165) is 12.1 Å². The quantitative estimate of drug-likeness (QED) is 0.681. The molecule has 0 heterocycles. The summed E-state index contributed by atoms with van der Waals surface area (Å²) in [6.07, 6.45) is -8.71. The van der Waals surface area contributed by atoms with Crippen molar-refractivity contribution in [3.05, 3.63) is 35.4 Å². The molecule has 0 aliphatic rings. The highest BCUT2D eigenvalue weighted by atomic mass is 19.4. The number of esters is 1. The maximum Gasteiger partial charge on any atom is 0.416 e. The second-order valence-corrected chi connectivity index (χ2v) is 3.72. The predicted molar refractivity (Wildman–Crippen MR) is 57.9 cm³/mol. The molecule has 0 saturated carbocycles. The van der Waals surface area contributed by atoms with Gasteiger partial charge in [-0.05, 0) is 24.6 Å². The first-order valence-corrected chi connectivity index (χ1v) is 5.43. The van der Waals surface area contributed by atoms with Gasteiger partial charge >= 0.3 is 12.1 Å². The molecule has 106 valence electrons. The summed E-state index contributed by atoms with van der Waals surface area (Å²) in [5.74, 6) is -1.25. The Bertz CT molecular complexity index is 428. The van der Waals surface area contributed by atoms with E-state index in [1.165, 1.54) is 6.92 Å². The number of benzene rings is 1. The van der Waals surface area contributed by atoms with Crippen molar-refractivity contribution in [2.75, 3.05) is 6.61 Å². The minimum absolute atomic E-state index is 0.0566. The van der Waals surface area contributed by atoms with E-state index in [-0.39, 0.29) is 12.2 Å². The van der Waals surface area contributed by atoms with Crippen LogP contribution in [0.15, 0.2) is 24.3 Å². The SMILES string of the molecule is CCOC(=O)[C@@H](F)[C@H](O)c1ccc(C(F)(F)F)cc1. The van der Waals surface area contributed by atoms with Gasteiger partial charge in [-0.3, -0.25) is 0 Å². The molecule has 1 rings (SSSR count). The summed E-state index contributed by atoms with van der Waals surface area (Å²) in [5, 5.41) is 9.52. The van der Waals surface area contributed by atoms with Crippen molar-refractivity contribution in [3.8, 4) is 0 Å². The van der Waals surface area contributed by atoms with Gasteiger partial charge in [-0.15, -0.1) is 0 Å². The number of alkyl halides is 4. The first-order chi connectivity index (χ1) is 8.77. The highest BCUT2D eigenvalue weighted by Gasteiger charge is 2.32. The topological polar surface area (TPSA) is 46.5 Å². The molecule has 3 nitrogen and oxygen atoms in total. The minimum Gasteiger partial charge on any atom is -0.464 e. The Labute approximate surface area is 106 Å². The monoisotopic (exact) mass is 280 g/mol. The number of aliphatic hydroxyl groups excluding tert-OH is 1. The van der Waals surface area contributed by atoms with Crippen LogP contribution in [0.5, 0.6) is 0 Å². The Morgan fingerprint density at radius 2 is 1.84 bits per heavy atom. The van der Waals surface area contributed by atoms with Crippen molar-refractivity contribution >= 4 is 5.97 Å². The lowest BCUT2D eigenvalue weighted by Gasteiger charge is -2.15.